The molecule has 2 heteroatoms. The summed E-state index contributed by atoms with van der Waals surface area (Å²) >= 11 is 0. The number of ether oxygens (including phenoxy) is 1. The molecule has 0 aromatic heterocycles. The number of benzene rings is 1. The van der Waals surface area contributed by atoms with Crippen LogP contribution in [0.3, 0.4) is 0 Å². The van der Waals surface area contributed by atoms with Gasteiger partial charge in [0.25, 0.3) is 0 Å². The van der Waals surface area contributed by atoms with Gasteiger partial charge in [0, 0.05) is 11.5 Å². The SMILES string of the molecule is C=CCCCN1CC[C@@]23CCCC[C@@H]2[C@@H]1Cc1ccc(OC)cc13. The van der Waals surface area contributed by atoms with Crippen LogP contribution in [0, 0.1) is 5.92 Å². The van der Waals surface area contributed by atoms with Crippen molar-refractivity contribution < 1.29 is 4.74 Å². The summed E-state index contributed by atoms with van der Waals surface area (Å²) in [4.78, 5) is 2.81. The predicted octanol–water partition coefficient (Wildman–Crippen LogP) is 4.72. The molecule has 0 unspecified atom stereocenters. The van der Waals surface area contributed by atoms with E-state index in [9.17, 15) is 0 Å². The highest BCUT2D eigenvalue weighted by molar-refractivity contribution is 5.45. The van der Waals surface area contributed by atoms with Crippen LogP contribution >= 0.6 is 0 Å². The number of hydrogen-bond acceptors (Lipinski definition) is 2. The molecule has 3 atom stereocenters. The van der Waals surface area contributed by atoms with Crippen LogP contribution in [0.5, 0.6) is 5.75 Å². The molecule has 1 heterocycles. The zero-order chi connectivity index (χ0) is 16.6. The maximum atomic E-state index is 5.56. The molecule has 0 radical (unpaired) electrons. The smallest absolute Gasteiger partial charge is 0.119 e. The predicted molar refractivity (Wildman–Crippen MR) is 99.7 cm³/mol. The van der Waals surface area contributed by atoms with Gasteiger partial charge in [0.05, 0.1) is 7.11 Å². The maximum absolute atomic E-state index is 5.56. The van der Waals surface area contributed by atoms with Gasteiger partial charge in [-0.05, 0) is 80.8 Å². The highest BCUT2D eigenvalue weighted by Crippen LogP contribution is 2.56. The van der Waals surface area contributed by atoms with Crippen molar-refractivity contribution in [2.45, 2.75) is 62.8 Å². The molecule has 24 heavy (non-hydrogen) atoms. The van der Waals surface area contributed by atoms with Gasteiger partial charge in [0.1, 0.15) is 5.75 Å². The lowest BCUT2D eigenvalue weighted by Crippen LogP contribution is -2.61. The van der Waals surface area contributed by atoms with Crippen molar-refractivity contribution in [1.29, 1.82) is 0 Å². The molecule has 2 aliphatic carbocycles. The van der Waals surface area contributed by atoms with Crippen LogP contribution in [-0.4, -0.2) is 31.1 Å². The molecular weight excluding hydrogens is 294 g/mol. The van der Waals surface area contributed by atoms with Crippen LogP contribution in [-0.2, 0) is 11.8 Å². The molecule has 1 aromatic carbocycles. The van der Waals surface area contributed by atoms with Crippen LogP contribution in [0.15, 0.2) is 30.9 Å². The average Bonchev–Trinajstić information content (AvgIpc) is 2.63. The standard InChI is InChI=1S/C22H31NO/c1-3-4-7-13-23-14-12-22-11-6-5-8-19(22)21(23)15-17-9-10-18(24-2)16-20(17)22/h3,9-10,16,19,21H,1,4-8,11-15H2,2H3/t19-,21+,22+/m1/s1. The molecule has 4 rings (SSSR count). The van der Waals surface area contributed by atoms with Crippen LogP contribution in [0.4, 0.5) is 0 Å². The lowest BCUT2D eigenvalue weighted by atomic mass is 9.52. The Bertz CT molecular complexity index is 610. The molecule has 0 amide bonds. The molecule has 2 bridgehead atoms. The van der Waals surface area contributed by atoms with Crippen molar-refractivity contribution in [3.8, 4) is 5.75 Å². The number of piperidine rings is 1. The summed E-state index contributed by atoms with van der Waals surface area (Å²) < 4.78 is 5.56. The molecule has 2 fully saturated rings. The number of methoxy groups -OCH3 is 1. The lowest BCUT2D eigenvalue weighted by molar-refractivity contribution is -0.0116. The van der Waals surface area contributed by atoms with E-state index in [2.05, 4.69) is 35.8 Å². The van der Waals surface area contributed by atoms with Crippen molar-refractivity contribution in [2.24, 2.45) is 5.92 Å². The quantitative estimate of drug-likeness (QED) is 0.574. The second-order valence-electron chi connectivity index (χ2n) is 8.02. The van der Waals surface area contributed by atoms with E-state index in [0.717, 1.165) is 24.1 Å². The van der Waals surface area contributed by atoms with E-state index in [1.807, 2.05) is 0 Å². The lowest BCUT2D eigenvalue weighted by Gasteiger charge is -2.59. The summed E-state index contributed by atoms with van der Waals surface area (Å²) in [7, 11) is 1.80. The molecular formula is C22H31NO. The Hall–Kier alpha value is -1.28. The van der Waals surface area contributed by atoms with Crippen LogP contribution in [0.2, 0.25) is 0 Å². The molecule has 0 N–H and O–H groups in total. The van der Waals surface area contributed by atoms with Gasteiger partial charge in [0.15, 0.2) is 0 Å². The number of fused-ring (bicyclic) bond motifs is 1. The summed E-state index contributed by atoms with van der Waals surface area (Å²) in [6.45, 7) is 6.40. The van der Waals surface area contributed by atoms with E-state index in [-0.39, 0.29) is 0 Å². The van der Waals surface area contributed by atoms with Gasteiger partial charge in [-0.2, -0.15) is 0 Å². The summed E-state index contributed by atoms with van der Waals surface area (Å²) in [6, 6.07) is 7.64. The van der Waals surface area contributed by atoms with E-state index in [4.69, 9.17) is 4.74 Å². The summed E-state index contributed by atoms with van der Waals surface area (Å²) in [6.07, 6.45) is 12.7. The fourth-order valence-corrected chi connectivity index (χ4v) is 5.91. The zero-order valence-electron chi connectivity index (χ0n) is 15.1. The van der Waals surface area contributed by atoms with E-state index in [1.54, 1.807) is 18.2 Å². The van der Waals surface area contributed by atoms with Gasteiger partial charge < -0.3 is 4.74 Å². The van der Waals surface area contributed by atoms with Gasteiger partial charge in [-0.25, -0.2) is 0 Å². The van der Waals surface area contributed by atoms with Crippen molar-refractivity contribution in [2.75, 3.05) is 20.2 Å². The minimum absolute atomic E-state index is 0.431. The molecule has 1 aliphatic heterocycles. The number of unbranched alkanes of at least 4 members (excludes halogenated alkanes) is 1. The summed E-state index contributed by atoms with van der Waals surface area (Å²) in [5.41, 5.74) is 3.65. The molecule has 1 saturated carbocycles. The van der Waals surface area contributed by atoms with Gasteiger partial charge in [-0.3, -0.25) is 4.90 Å². The fourth-order valence-electron chi connectivity index (χ4n) is 5.91. The number of allylic oxidation sites excluding steroid dienone is 1. The third-order valence-electron chi connectivity index (χ3n) is 7.01. The number of likely N-dealkylation sites (tertiary alicyclic amines) is 1. The highest BCUT2D eigenvalue weighted by atomic mass is 16.5. The monoisotopic (exact) mass is 325 g/mol. The normalized spacial score (nSPS) is 31.9. The van der Waals surface area contributed by atoms with E-state index >= 15 is 0 Å². The Labute approximate surface area is 146 Å². The first kappa shape index (κ1) is 16.2. The van der Waals surface area contributed by atoms with Crippen LogP contribution in [0.25, 0.3) is 0 Å². The largest absolute Gasteiger partial charge is 0.497 e. The van der Waals surface area contributed by atoms with Crippen molar-refractivity contribution in [1.82, 2.24) is 4.90 Å². The highest BCUT2D eigenvalue weighted by Gasteiger charge is 2.53. The molecule has 130 valence electrons. The summed E-state index contributed by atoms with van der Waals surface area (Å²) in [5, 5.41) is 0. The van der Waals surface area contributed by atoms with Gasteiger partial charge in [-0.1, -0.05) is 25.0 Å². The first-order valence-electron chi connectivity index (χ1n) is 9.81. The Morgan fingerprint density at radius 1 is 1.33 bits per heavy atom. The van der Waals surface area contributed by atoms with Crippen molar-refractivity contribution in [3.63, 3.8) is 0 Å². The Morgan fingerprint density at radius 2 is 2.25 bits per heavy atom. The van der Waals surface area contributed by atoms with Gasteiger partial charge >= 0.3 is 0 Å². The van der Waals surface area contributed by atoms with E-state index < -0.39 is 0 Å². The number of rotatable bonds is 5. The maximum Gasteiger partial charge on any atom is 0.119 e. The van der Waals surface area contributed by atoms with Crippen molar-refractivity contribution in [3.05, 3.63) is 42.0 Å². The van der Waals surface area contributed by atoms with Crippen LogP contribution < -0.4 is 4.74 Å². The fraction of sp³-hybridized carbons (Fsp3) is 0.636. The Balaban J connectivity index is 1.69. The van der Waals surface area contributed by atoms with Crippen molar-refractivity contribution >= 4 is 0 Å². The molecule has 3 aliphatic rings. The third kappa shape index (κ3) is 2.50. The second kappa shape index (κ2) is 6.55. The first-order valence-corrected chi connectivity index (χ1v) is 9.81. The second-order valence-corrected chi connectivity index (χ2v) is 8.02. The Morgan fingerprint density at radius 3 is 3.08 bits per heavy atom. The third-order valence-corrected chi connectivity index (χ3v) is 7.01. The summed E-state index contributed by atoms with van der Waals surface area (Å²) in [5.74, 6) is 1.89. The van der Waals surface area contributed by atoms with Gasteiger partial charge in [0.2, 0.25) is 0 Å². The number of nitrogens with zero attached hydrogens (tertiary/aromatic N) is 1. The van der Waals surface area contributed by atoms with Gasteiger partial charge in [-0.15, -0.1) is 6.58 Å². The zero-order valence-corrected chi connectivity index (χ0v) is 15.1. The minimum atomic E-state index is 0.431. The molecule has 1 aromatic rings. The first-order chi connectivity index (χ1) is 11.8. The van der Waals surface area contributed by atoms with E-state index in [1.165, 1.54) is 58.0 Å². The molecule has 0 spiro atoms. The topological polar surface area (TPSA) is 12.5 Å². The number of hydrogen-bond donors (Lipinski definition) is 0. The minimum Gasteiger partial charge on any atom is -0.497 e. The molecule has 1 saturated heterocycles. The average molecular weight is 325 g/mol. The van der Waals surface area contributed by atoms with Crippen LogP contribution in [0.1, 0.15) is 56.1 Å². The molecule has 2 nitrogen and oxygen atoms in total. The van der Waals surface area contributed by atoms with E-state index in [0.29, 0.717) is 5.41 Å². The Kier molecular flexibility index (Phi) is 4.42.